The van der Waals surface area contributed by atoms with Gasteiger partial charge in [0.05, 0.1) is 11.6 Å². The highest BCUT2D eigenvalue weighted by Gasteiger charge is 2.45. The Morgan fingerprint density at radius 3 is 2.17 bits per heavy atom. The first-order chi connectivity index (χ1) is 14.5. The molecule has 1 unspecified atom stereocenters. The summed E-state index contributed by atoms with van der Waals surface area (Å²) in [7, 11) is 0. The second kappa shape index (κ2) is 9.72. The minimum absolute atomic E-state index is 0.116. The molecule has 1 aliphatic heterocycles. The van der Waals surface area contributed by atoms with Gasteiger partial charge in [0.1, 0.15) is 5.76 Å². The van der Waals surface area contributed by atoms with E-state index in [1.165, 1.54) is 0 Å². The minimum atomic E-state index is -0.625. The molecule has 0 saturated carbocycles. The average molecular weight is 407 g/mol. The van der Waals surface area contributed by atoms with Crippen molar-refractivity contribution >= 4 is 17.4 Å². The van der Waals surface area contributed by atoms with Crippen LogP contribution >= 0.6 is 0 Å². The number of hydrogen-bond donors (Lipinski definition) is 1. The zero-order chi connectivity index (χ0) is 21.7. The number of aryl methyl sites for hydroxylation is 1. The number of likely N-dealkylation sites (tertiary alicyclic amines) is 1. The molecule has 1 N–H and O–H groups in total. The SMILES string of the molecule is CCc1ccc(/C(O)=C2/C(=O)C(=O)N(CCN(CC)CC)C2c2ccccc2)cc1. The monoisotopic (exact) mass is 406 g/mol. The van der Waals surface area contributed by atoms with E-state index in [0.717, 1.165) is 30.6 Å². The summed E-state index contributed by atoms with van der Waals surface area (Å²) in [5.41, 5.74) is 2.68. The summed E-state index contributed by atoms with van der Waals surface area (Å²) < 4.78 is 0. The van der Waals surface area contributed by atoms with Gasteiger partial charge in [0.15, 0.2) is 0 Å². The Morgan fingerprint density at radius 1 is 0.967 bits per heavy atom. The molecule has 5 nitrogen and oxygen atoms in total. The molecule has 1 saturated heterocycles. The molecule has 2 aromatic carbocycles. The molecule has 5 heteroatoms. The summed E-state index contributed by atoms with van der Waals surface area (Å²) >= 11 is 0. The number of Topliss-reactive ketones (excluding diaryl/α,β-unsaturated/α-hetero) is 1. The smallest absolute Gasteiger partial charge is 0.295 e. The first-order valence-electron chi connectivity index (χ1n) is 10.7. The van der Waals surface area contributed by atoms with Gasteiger partial charge in [-0.2, -0.15) is 0 Å². The van der Waals surface area contributed by atoms with Crippen LogP contribution in [0, 0.1) is 0 Å². The fraction of sp³-hybridized carbons (Fsp3) is 0.360. The van der Waals surface area contributed by atoms with Crippen LogP contribution in [0.3, 0.4) is 0 Å². The standard InChI is InChI=1S/C25H30N2O3/c1-4-18-12-14-20(15-13-18)23(28)21-22(19-10-8-7-9-11-19)27(25(30)24(21)29)17-16-26(5-2)6-3/h7-15,22,28H,4-6,16-17H2,1-3H3/b23-21-. The van der Waals surface area contributed by atoms with Gasteiger partial charge in [-0.1, -0.05) is 75.4 Å². The average Bonchev–Trinajstić information content (AvgIpc) is 3.05. The Bertz CT molecular complexity index is 915. The van der Waals surface area contributed by atoms with Crippen molar-refractivity contribution in [2.45, 2.75) is 33.2 Å². The Morgan fingerprint density at radius 2 is 1.60 bits per heavy atom. The molecule has 0 spiro atoms. The largest absolute Gasteiger partial charge is 0.507 e. The Labute approximate surface area is 178 Å². The van der Waals surface area contributed by atoms with Crippen LogP contribution in [-0.2, 0) is 16.0 Å². The topological polar surface area (TPSA) is 60.9 Å². The third kappa shape index (κ3) is 4.31. The van der Waals surface area contributed by atoms with E-state index in [2.05, 4.69) is 25.7 Å². The van der Waals surface area contributed by atoms with E-state index in [1.807, 2.05) is 42.5 Å². The molecule has 3 rings (SSSR count). The predicted octanol–water partition coefficient (Wildman–Crippen LogP) is 4.01. The quantitative estimate of drug-likeness (QED) is 0.409. The first-order valence-corrected chi connectivity index (χ1v) is 10.7. The lowest BCUT2D eigenvalue weighted by atomic mass is 9.95. The Balaban J connectivity index is 2.05. The summed E-state index contributed by atoms with van der Waals surface area (Å²) in [6.45, 7) is 9.07. The molecule has 0 bridgehead atoms. The van der Waals surface area contributed by atoms with Gasteiger partial charge in [0.2, 0.25) is 0 Å². The van der Waals surface area contributed by atoms with Gasteiger partial charge in [0.25, 0.3) is 11.7 Å². The number of benzene rings is 2. The molecule has 30 heavy (non-hydrogen) atoms. The molecule has 0 aliphatic carbocycles. The lowest BCUT2D eigenvalue weighted by Gasteiger charge is -2.28. The highest BCUT2D eigenvalue weighted by molar-refractivity contribution is 6.46. The number of ketones is 1. The molecule has 0 aromatic heterocycles. The number of carbonyl (C=O) groups excluding carboxylic acids is 2. The van der Waals surface area contributed by atoms with Gasteiger partial charge in [-0.3, -0.25) is 9.59 Å². The minimum Gasteiger partial charge on any atom is -0.507 e. The van der Waals surface area contributed by atoms with Crippen molar-refractivity contribution in [3.8, 4) is 0 Å². The summed E-state index contributed by atoms with van der Waals surface area (Å²) in [4.78, 5) is 29.7. The highest BCUT2D eigenvalue weighted by atomic mass is 16.3. The van der Waals surface area contributed by atoms with E-state index in [-0.39, 0.29) is 11.3 Å². The van der Waals surface area contributed by atoms with Crippen LogP contribution in [0.1, 0.15) is 43.5 Å². The number of carbonyl (C=O) groups is 2. The second-order valence-electron chi connectivity index (χ2n) is 7.48. The van der Waals surface area contributed by atoms with Gasteiger partial charge in [0, 0.05) is 18.7 Å². The summed E-state index contributed by atoms with van der Waals surface area (Å²) in [6, 6.07) is 16.3. The van der Waals surface area contributed by atoms with Gasteiger partial charge < -0.3 is 14.9 Å². The van der Waals surface area contributed by atoms with Gasteiger partial charge >= 0.3 is 0 Å². The lowest BCUT2D eigenvalue weighted by molar-refractivity contribution is -0.140. The Hall–Kier alpha value is -2.92. The van der Waals surface area contributed by atoms with Gasteiger partial charge in [-0.25, -0.2) is 0 Å². The zero-order valence-electron chi connectivity index (χ0n) is 18.0. The van der Waals surface area contributed by atoms with E-state index < -0.39 is 17.7 Å². The fourth-order valence-corrected chi connectivity index (χ4v) is 3.94. The molecule has 1 aliphatic rings. The normalized spacial score (nSPS) is 18.4. The van der Waals surface area contributed by atoms with Crippen molar-refractivity contribution in [1.29, 1.82) is 0 Å². The summed E-state index contributed by atoms with van der Waals surface area (Å²) in [6.07, 6.45) is 0.890. The maximum atomic E-state index is 13.0. The molecule has 158 valence electrons. The van der Waals surface area contributed by atoms with Gasteiger partial charge in [-0.05, 0) is 30.6 Å². The van der Waals surface area contributed by atoms with Crippen molar-refractivity contribution in [3.63, 3.8) is 0 Å². The highest BCUT2D eigenvalue weighted by Crippen LogP contribution is 2.39. The van der Waals surface area contributed by atoms with Crippen molar-refractivity contribution in [1.82, 2.24) is 9.80 Å². The number of nitrogens with zero attached hydrogens (tertiary/aromatic N) is 2. The molecule has 1 heterocycles. The zero-order valence-corrected chi connectivity index (χ0v) is 18.0. The van der Waals surface area contributed by atoms with Crippen LogP contribution in [0.15, 0.2) is 60.2 Å². The lowest BCUT2D eigenvalue weighted by Crippen LogP contribution is -2.38. The van der Waals surface area contributed by atoms with Gasteiger partial charge in [-0.15, -0.1) is 0 Å². The van der Waals surface area contributed by atoms with Crippen molar-refractivity contribution in [2.75, 3.05) is 26.2 Å². The first kappa shape index (κ1) is 21.8. The summed E-state index contributed by atoms with van der Waals surface area (Å²) in [5.74, 6) is -1.29. The van der Waals surface area contributed by atoms with Crippen LogP contribution in [0.2, 0.25) is 0 Å². The number of aliphatic hydroxyl groups is 1. The van der Waals surface area contributed by atoms with Crippen LogP contribution in [0.4, 0.5) is 0 Å². The second-order valence-corrected chi connectivity index (χ2v) is 7.48. The maximum Gasteiger partial charge on any atom is 0.295 e. The predicted molar refractivity (Wildman–Crippen MR) is 119 cm³/mol. The Kier molecular flexibility index (Phi) is 7.06. The summed E-state index contributed by atoms with van der Waals surface area (Å²) in [5, 5.41) is 11.1. The van der Waals surface area contributed by atoms with E-state index in [0.29, 0.717) is 18.7 Å². The van der Waals surface area contributed by atoms with Crippen molar-refractivity contribution in [3.05, 3.63) is 76.9 Å². The third-order valence-electron chi connectivity index (χ3n) is 5.84. The number of likely N-dealkylation sites (N-methyl/N-ethyl adjacent to an activating group) is 1. The van der Waals surface area contributed by atoms with E-state index in [1.54, 1.807) is 17.0 Å². The van der Waals surface area contributed by atoms with Crippen LogP contribution in [-0.4, -0.2) is 52.8 Å². The number of amides is 1. The third-order valence-corrected chi connectivity index (χ3v) is 5.84. The van der Waals surface area contributed by atoms with Crippen LogP contribution in [0.5, 0.6) is 0 Å². The van der Waals surface area contributed by atoms with Crippen molar-refractivity contribution < 1.29 is 14.7 Å². The number of hydrogen-bond acceptors (Lipinski definition) is 4. The molecule has 1 atom stereocenters. The molecular weight excluding hydrogens is 376 g/mol. The van der Waals surface area contributed by atoms with E-state index >= 15 is 0 Å². The molecule has 2 aromatic rings. The van der Waals surface area contributed by atoms with E-state index in [4.69, 9.17) is 0 Å². The van der Waals surface area contributed by atoms with Crippen molar-refractivity contribution in [2.24, 2.45) is 0 Å². The number of rotatable bonds is 8. The number of aliphatic hydroxyl groups excluding tert-OH is 1. The van der Waals surface area contributed by atoms with Crippen LogP contribution < -0.4 is 0 Å². The molecule has 0 radical (unpaired) electrons. The maximum absolute atomic E-state index is 13.0. The fourth-order valence-electron chi connectivity index (χ4n) is 3.94. The molecular formula is C25H30N2O3. The molecule has 1 fully saturated rings. The van der Waals surface area contributed by atoms with E-state index in [9.17, 15) is 14.7 Å². The van der Waals surface area contributed by atoms with Crippen LogP contribution in [0.25, 0.3) is 5.76 Å². The molecule has 1 amide bonds.